The van der Waals surface area contributed by atoms with Crippen LogP contribution in [0.15, 0.2) is 34.3 Å². The first-order valence-corrected chi connectivity index (χ1v) is 19.0. The maximum Gasteiger partial charge on any atom is 0.127 e. The Labute approximate surface area is 201 Å². The van der Waals surface area contributed by atoms with Crippen molar-refractivity contribution in [2.24, 2.45) is 9.98 Å². The van der Waals surface area contributed by atoms with E-state index in [1.54, 1.807) is 0 Å². The normalized spacial score (nSPS) is 19.8. The number of aliphatic imine (C=N–C) groups is 2. The molecule has 0 heterocycles. The first-order valence-electron chi connectivity index (χ1n) is 12.0. The molecule has 1 fully saturated rings. The van der Waals surface area contributed by atoms with Gasteiger partial charge >= 0.3 is 0 Å². The van der Waals surface area contributed by atoms with Crippen LogP contribution in [0.3, 0.4) is 0 Å². The highest BCUT2D eigenvalue weighted by atomic mass is 28.3. The Kier molecular flexibility index (Phi) is 7.39. The predicted octanol–water partition coefficient (Wildman–Crippen LogP) is 5.26. The van der Waals surface area contributed by atoms with Gasteiger partial charge in [0.25, 0.3) is 0 Å². The third-order valence-electron chi connectivity index (χ3n) is 6.65. The fourth-order valence-corrected chi connectivity index (χ4v) is 6.77. The monoisotopic (exact) mass is 480 g/mol. The Hall–Kier alpha value is -2.19. The summed E-state index contributed by atoms with van der Waals surface area (Å²) < 4.78 is 0. The Morgan fingerprint density at radius 2 is 1.06 bits per heavy atom. The lowest BCUT2D eigenvalue weighted by Gasteiger charge is -2.19. The van der Waals surface area contributed by atoms with E-state index < -0.39 is 16.1 Å². The molecule has 1 aliphatic carbocycles. The van der Waals surface area contributed by atoms with E-state index in [2.05, 4.69) is 63.5 Å². The van der Waals surface area contributed by atoms with Crippen LogP contribution in [0.25, 0.3) is 0 Å². The van der Waals surface area contributed by atoms with Gasteiger partial charge in [-0.2, -0.15) is 0 Å². The molecule has 0 radical (unpaired) electrons. The molecule has 0 spiro atoms. The van der Waals surface area contributed by atoms with E-state index in [-0.39, 0.29) is 12.1 Å². The summed E-state index contributed by atoms with van der Waals surface area (Å²) in [5.74, 6) is 0.643. The summed E-state index contributed by atoms with van der Waals surface area (Å²) in [7, 11) is -2.98. The zero-order valence-corrected chi connectivity index (χ0v) is 23.5. The number of rotatable bonds is 6. The van der Waals surface area contributed by atoms with E-state index in [0.717, 1.165) is 41.5 Å². The molecule has 0 aromatic heterocycles. The van der Waals surface area contributed by atoms with Crippen molar-refractivity contribution in [3.63, 3.8) is 0 Å². The summed E-state index contributed by atoms with van der Waals surface area (Å²) in [5, 5.41) is 23.9. The van der Waals surface area contributed by atoms with Crippen LogP contribution in [0.1, 0.15) is 41.5 Å². The molecule has 0 amide bonds. The van der Waals surface area contributed by atoms with Crippen molar-refractivity contribution in [3.05, 3.63) is 46.5 Å². The molecule has 0 saturated heterocycles. The van der Waals surface area contributed by atoms with Gasteiger partial charge in [0.1, 0.15) is 11.5 Å². The second kappa shape index (κ2) is 9.59. The molecular formula is C27H40N2O2Si2. The maximum atomic E-state index is 10.6. The average molecular weight is 481 g/mol. The number of phenols is 2. The molecule has 0 aliphatic heterocycles. The minimum Gasteiger partial charge on any atom is -0.507 e. The summed E-state index contributed by atoms with van der Waals surface area (Å²) in [6.45, 7) is 17.8. The van der Waals surface area contributed by atoms with Gasteiger partial charge in [0.05, 0.1) is 28.2 Å². The lowest BCUT2D eigenvalue weighted by Crippen LogP contribution is -2.38. The largest absolute Gasteiger partial charge is 0.507 e. The van der Waals surface area contributed by atoms with Gasteiger partial charge in [-0.25, -0.2) is 0 Å². The maximum absolute atomic E-state index is 10.6. The molecule has 0 bridgehead atoms. The molecule has 1 saturated carbocycles. The van der Waals surface area contributed by atoms with E-state index in [1.807, 2.05) is 26.3 Å². The molecule has 33 heavy (non-hydrogen) atoms. The minimum absolute atomic E-state index is 0.0971. The number of aryl methyl sites for hydroxylation is 2. The number of phenolic OH excluding ortho intramolecular Hbond substituents is 2. The topological polar surface area (TPSA) is 65.2 Å². The number of hydrogen-bond donors (Lipinski definition) is 2. The Morgan fingerprint density at radius 3 is 1.39 bits per heavy atom. The summed E-state index contributed by atoms with van der Waals surface area (Å²) >= 11 is 0. The van der Waals surface area contributed by atoms with Crippen molar-refractivity contribution < 1.29 is 10.2 Å². The van der Waals surface area contributed by atoms with Crippen LogP contribution in [-0.4, -0.2) is 50.9 Å². The summed E-state index contributed by atoms with van der Waals surface area (Å²) in [5.41, 5.74) is 3.42. The van der Waals surface area contributed by atoms with Gasteiger partial charge in [0.15, 0.2) is 0 Å². The highest BCUT2D eigenvalue weighted by molar-refractivity contribution is 6.89. The van der Waals surface area contributed by atoms with Crippen LogP contribution >= 0.6 is 0 Å². The number of hydrogen-bond acceptors (Lipinski definition) is 4. The lowest BCUT2D eigenvalue weighted by atomic mass is 10.1. The van der Waals surface area contributed by atoms with Gasteiger partial charge in [-0.15, -0.1) is 0 Å². The molecule has 6 heteroatoms. The van der Waals surface area contributed by atoms with Crippen molar-refractivity contribution in [2.75, 3.05) is 0 Å². The Bertz CT molecular complexity index is 993. The Morgan fingerprint density at radius 1 is 0.697 bits per heavy atom. The number of aromatic hydroxyl groups is 2. The molecule has 2 aromatic carbocycles. The van der Waals surface area contributed by atoms with E-state index in [0.29, 0.717) is 11.5 Å². The minimum atomic E-state index is -1.49. The fraction of sp³-hybridized carbons (Fsp3) is 0.481. The first kappa shape index (κ1) is 25.4. The third-order valence-corrected chi connectivity index (χ3v) is 10.7. The predicted molar refractivity (Wildman–Crippen MR) is 148 cm³/mol. The highest BCUT2D eigenvalue weighted by Crippen LogP contribution is 2.27. The third kappa shape index (κ3) is 6.04. The lowest BCUT2D eigenvalue weighted by molar-refractivity contribution is 0.469. The van der Waals surface area contributed by atoms with Gasteiger partial charge in [-0.3, -0.25) is 9.98 Å². The van der Waals surface area contributed by atoms with Gasteiger partial charge in [0.2, 0.25) is 0 Å². The average Bonchev–Trinajstić information content (AvgIpc) is 3.15. The molecule has 3 rings (SSSR count). The first-order chi connectivity index (χ1) is 15.3. The zero-order chi connectivity index (χ0) is 24.6. The quantitative estimate of drug-likeness (QED) is 0.437. The molecule has 1 aliphatic rings. The molecule has 4 nitrogen and oxygen atoms in total. The molecule has 2 aromatic rings. The SMILES string of the molecule is Cc1cc([Si](C)(C)C)cc(C=NC2CCCC2N=Cc2cc([Si](C)(C)C)cc(C)c2O)c1O. The van der Waals surface area contributed by atoms with Crippen LogP contribution in [0.5, 0.6) is 11.5 Å². The van der Waals surface area contributed by atoms with Crippen LogP contribution in [0, 0.1) is 13.8 Å². The standard InChI is InChI=1S/C27H40N2O2Si2/c1-18-12-22(32(3,4)5)14-20(26(18)30)16-28-24-10-9-11-25(24)29-17-21-15-23(33(6,7)8)13-19(2)27(21)31/h12-17,24-25,30-31H,9-11H2,1-8H3. The smallest absolute Gasteiger partial charge is 0.127 e. The number of benzene rings is 2. The van der Waals surface area contributed by atoms with Crippen LogP contribution in [0.2, 0.25) is 39.3 Å². The van der Waals surface area contributed by atoms with Gasteiger partial charge in [-0.05, 0) is 44.2 Å². The van der Waals surface area contributed by atoms with Gasteiger partial charge < -0.3 is 10.2 Å². The van der Waals surface area contributed by atoms with Gasteiger partial charge in [0, 0.05) is 23.6 Å². The Balaban J connectivity index is 1.85. The molecule has 2 unspecified atom stereocenters. The number of nitrogens with zero attached hydrogens (tertiary/aromatic N) is 2. The van der Waals surface area contributed by atoms with Crippen molar-refractivity contribution >= 4 is 39.0 Å². The van der Waals surface area contributed by atoms with Crippen LogP contribution in [0.4, 0.5) is 0 Å². The van der Waals surface area contributed by atoms with Gasteiger partial charge in [-0.1, -0.05) is 73.9 Å². The molecular weight excluding hydrogens is 440 g/mol. The molecule has 178 valence electrons. The fourth-order valence-electron chi connectivity index (χ4n) is 4.30. The van der Waals surface area contributed by atoms with Crippen molar-refractivity contribution in [3.8, 4) is 11.5 Å². The van der Waals surface area contributed by atoms with E-state index in [1.165, 1.54) is 10.4 Å². The van der Waals surface area contributed by atoms with Crippen molar-refractivity contribution in [1.82, 2.24) is 0 Å². The zero-order valence-electron chi connectivity index (χ0n) is 21.5. The van der Waals surface area contributed by atoms with E-state index in [9.17, 15) is 10.2 Å². The van der Waals surface area contributed by atoms with Crippen molar-refractivity contribution in [2.45, 2.75) is 84.5 Å². The van der Waals surface area contributed by atoms with E-state index in [4.69, 9.17) is 9.98 Å². The highest BCUT2D eigenvalue weighted by Gasteiger charge is 2.26. The molecule has 2 N–H and O–H groups in total. The summed E-state index contributed by atoms with van der Waals surface area (Å²) in [6.07, 6.45) is 6.76. The summed E-state index contributed by atoms with van der Waals surface area (Å²) in [6, 6.07) is 8.64. The second-order valence-corrected chi connectivity index (χ2v) is 21.7. The van der Waals surface area contributed by atoms with Crippen LogP contribution < -0.4 is 10.4 Å². The van der Waals surface area contributed by atoms with Crippen LogP contribution in [-0.2, 0) is 0 Å². The van der Waals surface area contributed by atoms with Crippen molar-refractivity contribution in [1.29, 1.82) is 0 Å². The van der Waals surface area contributed by atoms with E-state index >= 15 is 0 Å². The second-order valence-electron chi connectivity index (χ2n) is 11.6. The molecule has 2 atom stereocenters. The summed E-state index contributed by atoms with van der Waals surface area (Å²) in [4.78, 5) is 9.74.